The van der Waals surface area contributed by atoms with E-state index in [4.69, 9.17) is 9.84 Å². The van der Waals surface area contributed by atoms with Gasteiger partial charge in [-0.3, -0.25) is 4.79 Å². The lowest BCUT2D eigenvalue weighted by atomic mass is 9.78. The number of rotatable bonds is 9. The fourth-order valence-electron chi connectivity index (χ4n) is 3.70. The molecule has 6 heteroatoms. The maximum atomic E-state index is 13.3. The van der Waals surface area contributed by atoms with Gasteiger partial charge in [-0.2, -0.15) is 0 Å². The van der Waals surface area contributed by atoms with Crippen molar-refractivity contribution in [1.29, 1.82) is 0 Å². The summed E-state index contributed by atoms with van der Waals surface area (Å²) < 4.78 is 19.3. The van der Waals surface area contributed by atoms with Crippen LogP contribution < -0.4 is 10.1 Å². The molecule has 2 aliphatic rings. The predicted molar refractivity (Wildman–Crippen MR) is 120 cm³/mol. The Labute approximate surface area is 184 Å². The first-order valence-corrected chi connectivity index (χ1v) is 11.1. The second-order valence-electron chi connectivity index (χ2n) is 8.54. The molecule has 0 spiro atoms. The molecular formula is C25H33FN2O3. The van der Waals surface area contributed by atoms with Crippen LogP contribution in [0.3, 0.4) is 0 Å². The van der Waals surface area contributed by atoms with Crippen LogP contribution in [0.5, 0.6) is 5.75 Å². The molecule has 4 rings (SSSR count). The van der Waals surface area contributed by atoms with Gasteiger partial charge in [0.1, 0.15) is 11.6 Å². The maximum Gasteiger partial charge on any atom is 0.304 e. The van der Waals surface area contributed by atoms with E-state index in [9.17, 15) is 9.18 Å². The van der Waals surface area contributed by atoms with Gasteiger partial charge in [-0.15, -0.1) is 0 Å². The van der Waals surface area contributed by atoms with Crippen LogP contribution in [0.2, 0.25) is 0 Å². The highest BCUT2D eigenvalue weighted by atomic mass is 19.1. The van der Waals surface area contributed by atoms with Crippen molar-refractivity contribution in [1.82, 2.24) is 10.2 Å². The first kappa shape index (κ1) is 23.2. The Bertz CT molecular complexity index is 764. The molecule has 1 heterocycles. The number of carbonyl (C=O) groups is 1. The van der Waals surface area contributed by atoms with Crippen LogP contribution in [0.15, 0.2) is 60.7 Å². The summed E-state index contributed by atoms with van der Waals surface area (Å²) in [6.45, 7) is 3.83. The summed E-state index contributed by atoms with van der Waals surface area (Å²) >= 11 is 0. The Morgan fingerprint density at radius 1 is 1.10 bits per heavy atom. The van der Waals surface area contributed by atoms with Crippen molar-refractivity contribution in [3.8, 4) is 5.75 Å². The standard InChI is InChI=1S/C19H27FN2O3.C6H6/c20-15-2-1-3-17(12-15)25-14-19(13-21-16-4-5-16)7-10-22(11-8-19)9-6-18(23)24;1-2-4-6-5-3-1/h1-3,12,16,21H,4-11,13-14H2,(H,23,24);1-6H. The van der Waals surface area contributed by atoms with Gasteiger partial charge in [0, 0.05) is 30.6 Å². The summed E-state index contributed by atoms with van der Waals surface area (Å²) in [5.41, 5.74) is 0.0225. The summed E-state index contributed by atoms with van der Waals surface area (Å²) in [5.74, 6) is -0.466. The summed E-state index contributed by atoms with van der Waals surface area (Å²) in [5, 5.41) is 12.5. The molecule has 2 N–H and O–H groups in total. The molecule has 2 aromatic rings. The number of aliphatic carboxylic acids is 1. The fraction of sp³-hybridized carbons (Fsp3) is 0.480. The van der Waals surface area contributed by atoms with Gasteiger partial charge in [-0.05, 0) is 50.9 Å². The van der Waals surface area contributed by atoms with Gasteiger partial charge < -0.3 is 20.1 Å². The first-order valence-electron chi connectivity index (χ1n) is 11.1. The lowest BCUT2D eigenvalue weighted by Gasteiger charge is -2.41. The van der Waals surface area contributed by atoms with E-state index in [1.54, 1.807) is 12.1 Å². The van der Waals surface area contributed by atoms with Gasteiger partial charge in [0.15, 0.2) is 0 Å². The third-order valence-corrected chi connectivity index (χ3v) is 5.91. The molecule has 31 heavy (non-hydrogen) atoms. The SMILES string of the molecule is O=C(O)CCN1CCC(CNC2CC2)(COc2cccc(F)c2)CC1.c1ccccc1. The average molecular weight is 429 g/mol. The number of halogens is 1. The molecule has 2 aromatic carbocycles. The highest BCUT2D eigenvalue weighted by Gasteiger charge is 2.37. The Balaban J connectivity index is 0.000000391. The quantitative estimate of drug-likeness (QED) is 0.627. The minimum atomic E-state index is -0.748. The van der Waals surface area contributed by atoms with Gasteiger partial charge >= 0.3 is 5.97 Å². The van der Waals surface area contributed by atoms with Crippen LogP contribution >= 0.6 is 0 Å². The number of likely N-dealkylation sites (tertiary alicyclic amines) is 1. The summed E-state index contributed by atoms with van der Waals surface area (Å²) in [4.78, 5) is 13.0. The molecule has 5 nitrogen and oxygen atoms in total. The van der Waals surface area contributed by atoms with Crippen molar-refractivity contribution in [2.45, 2.75) is 38.1 Å². The molecule has 1 aliphatic heterocycles. The van der Waals surface area contributed by atoms with E-state index in [2.05, 4.69) is 10.2 Å². The molecule has 0 atom stereocenters. The number of hydrogen-bond acceptors (Lipinski definition) is 4. The first-order chi connectivity index (χ1) is 15.0. The van der Waals surface area contributed by atoms with Gasteiger partial charge in [0.05, 0.1) is 13.0 Å². The monoisotopic (exact) mass is 428 g/mol. The summed E-state index contributed by atoms with van der Waals surface area (Å²) in [6.07, 6.45) is 4.59. The van der Waals surface area contributed by atoms with E-state index in [0.29, 0.717) is 24.9 Å². The van der Waals surface area contributed by atoms with Gasteiger partial charge in [-0.1, -0.05) is 42.5 Å². The van der Waals surface area contributed by atoms with Crippen LogP contribution in [0.25, 0.3) is 0 Å². The average Bonchev–Trinajstić information content (AvgIpc) is 3.62. The second kappa shape index (κ2) is 11.8. The van der Waals surface area contributed by atoms with Crippen molar-refractivity contribution >= 4 is 5.97 Å². The normalized spacial score (nSPS) is 18.0. The highest BCUT2D eigenvalue weighted by molar-refractivity contribution is 5.66. The van der Waals surface area contributed by atoms with Crippen molar-refractivity contribution in [2.75, 3.05) is 32.8 Å². The molecule has 1 saturated carbocycles. The third-order valence-electron chi connectivity index (χ3n) is 5.91. The van der Waals surface area contributed by atoms with Gasteiger partial charge in [0.2, 0.25) is 0 Å². The van der Waals surface area contributed by atoms with Crippen LogP contribution in [-0.4, -0.2) is 54.8 Å². The van der Waals surface area contributed by atoms with Crippen LogP contribution in [0, 0.1) is 11.2 Å². The van der Waals surface area contributed by atoms with Crippen LogP contribution in [0.4, 0.5) is 4.39 Å². The molecule has 0 amide bonds. The molecule has 0 bridgehead atoms. The largest absolute Gasteiger partial charge is 0.493 e. The molecule has 168 valence electrons. The minimum absolute atomic E-state index is 0.0225. The van der Waals surface area contributed by atoms with E-state index in [-0.39, 0.29) is 17.7 Å². The maximum absolute atomic E-state index is 13.3. The van der Waals surface area contributed by atoms with Crippen molar-refractivity contribution in [3.63, 3.8) is 0 Å². The Morgan fingerprint density at radius 3 is 2.29 bits per heavy atom. The van der Waals surface area contributed by atoms with E-state index in [1.807, 2.05) is 36.4 Å². The lowest BCUT2D eigenvalue weighted by molar-refractivity contribution is -0.137. The Hall–Kier alpha value is -2.44. The van der Waals surface area contributed by atoms with Gasteiger partial charge in [-0.25, -0.2) is 4.39 Å². The topological polar surface area (TPSA) is 61.8 Å². The summed E-state index contributed by atoms with van der Waals surface area (Å²) in [6, 6.07) is 18.9. The zero-order valence-electron chi connectivity index (χ0n) is 18.0. The molecule has 1 saturated heterocycles. The highest BCUT2D eigenvalue weighted by Crippen LogP contribution is 2.33. The van der Waals surface area contributed by atoms with Gasteiger partial charge in [0.25, 0.3) is 0 Å². The molecule has 0 unspecified atom stereocenters. The van der Waals surface area contributed by atoms with Crippen molar-refractivity contribution in [3.05, 3.63) is 66.5 Å². The number of piperidine rings is 1. The Kier molecular flexibility index (Phi) is 8.85. The lowest BCUT2D eigenvalue weighted by Crippen LogP contribution is -2.48. The molecule has 0 radical (unpaired) electrons. The van der Waals surface area contributed by atoms with Crippen molar-refractivity contribution in [2.24, 2.45) is 5.41 Å². The number of carboxylic acid groups (broad SMARTS) is 1. The fourth-order valence-corrected chi connectivity index (χ4v) is 3.70. The number of benzene rings is 2. The second-order valence-corrected chi connectivity index (χ2v) is 8.54. The zero-order valence-corrected chi connectivity index (χ0v) is 18.0. The molecule has 0 aromatic heterocycles. The smallest absolute Gasteiger partial charge is 0.304 e. The number of hydrogen-bond donors (Lipinski definition) is 2. The molecule has 1 aliphatic carbocycles. The van der Waals surface area contributed by atoms with Crippen LogP contribution in [0.1, 0.15) is 32.1 Å². The number of ether oxygens (including phenoxy) is 1. The van der Waals surface area contributed by atoms with E-state index < -0.39 is 5.97 Å². The zero-order chi connectivity index (χ0) is 21.9. The third kappa shape index (κ3) is 8.67. The van der Waals surface area contributed by atoms with E-state index in [0.717, 1.165) is 32.5 Å². The Morgan fingerprint density at radius 2 is 1.74 bits per heavy atom. The summed E-state index contributed by atoms with van der Waals surface area (Å²) in [7, 11) is 0. The van der Waals surface area contributed by atoms with Crippen LogP contribution in [-0.2, 0) is 4.79 Å². The number of nitrogens with zero attached hydrogens (tertiary/aromatic N) is 1. The molecule has 2 fully saturated rings. The predicted octanol–water partition coefficient (Wildman–Crippen LogP) is 4.20. The molecular weight excluding hydrogens is 395 g/mol. The minimum Gasteiger partial charge on any atom is -0.493 e. The number of carboxylic acids is 1. The number of nitrogens with one attached hydrogen (secondary N) is 1. The van der Waals surface area contributed by atoms with Crippen molar-refractivity contribution < 1.29 is 19.0 Å². The van der Waals surface area contributed by atoms with E-state index in [1.165, 1.54) is 25.0 Å². The van der Waals surface area contributed by atoms with E-state index >= 15 is 0 Å².